The number of hydrogen-bond donors (Lipinski definition) is 1. The molecule has 1 rings (SSSR count). The lowest BCUT2D eigenvalue weighted by Crippen LogP contribution is -2.30. The Bertz CT molecular complexity index is 343. The van der Waals surface area contributed by atoms with E-state index in [4.69, 9.17) is 5.73 Å². The zero-order valence-corrected chi connectivity index (χ0v) is 11.7. The Balaban J connectivity index is 2.90. The van der Waals surface area contributed by atoms with E-state index in [1.165, 1.54) is 29.7 Å². The van der Waals surface area contributed by atoms with Crippen LogP contribution in [0.1, 0.15) is 37.8 Å². The normalized spacial score (nSPS) is 10.9. The minimum absolute atomic E-state index is 0.633. The number of anilines is 1. The van der Waals surface area contributed by atoms with E-state index in [2.05, 4.69) is 50.9 Å². The highest BCUT2D eigenvalue weighted by molar-refractivity contribution is 5.54. The highest BCUT2D eigenvalue weighted by Gasteiger charge is 2.13. The Morgan fingerprint density at radius 1 is 1.24 bits per heavy atom. The maximum absolute atomic E-state index is 5.59. The summed E-state index contributed by atoms with van der Waals surface area (Å²) < 4.78 is 0. The van der Waals surface area contributed by atoms with Crippen molar-refractivity contribution in [2.24, 2.45) is 5.73 Å². The van der Waals surface area contributed by atoms with Gasteiger partial charge < -0.3 is 10.6 Å². The monoisotopic (exact) mass is 234 g/mol. The Morgan fingerprint density at radius 3 is 2.35 bits per heavy atom. The van der Waals surface area contributed by atoms with Crippen molar-refractivity contribution in [2.75, 3.05) is 18.5 Å². The summed E-state index contributed by atoms with van der Waals surface area (Å²) >= 11 is 0. The number of nitrogens with zero attached hydrogens (tertiary/aromatic N) is 1. The average Bonchev–Trinajstić information content (AvgIpc) is 2.31. The van der Waals surface area contributed by atoms with Gasteiger partial charge in [-0.05, 0) is 49.9 Å². The van der Waals surface area contributed by atoms with Crippen LogP contribution < -0.4 is 10.6 Å². The van der Waals surface area contributed by atoms with E-state index >= 15 is 0 Å². The van der Waals surface area contributed by atoms with Gasteiger partial charge in [-0.15, -0.1) is 0 Å². The second-order valence-corrected chi connectivity index (χ2v) is 4.74. The Hall–Kier alpha value is -1.02. The van der Waals surface area contributed by atoms with Gasteiger partial charge >= 0.3 is 0 Å². The topological polar surface area (TPSA) is 29.3 Å². The predicted octanol–water partition coefficient (Wildman–Crippen LogP) is 3.12. The molecule has 96 valence electrons. The number of aryl methyl sites for hydroxylation is 1. The number of benzene rings is 1. The van der Waals surface area contributed by atoms with Crippen LogP contribution >= 0.6 is 0 Å². The molecule has 0 unspecified atom stereocenters. The molecule has 0 aromatic heterocycles. The minimum Gasteiger partial charge on any atom is -0.371 e. The Labute approximate surface area is 106 Å². The molecule has 0 fully saturated rings. The van der Waals surface area contributed by atoms with Crippen LogP contribution in [0.4, 0.5) is 5.69 Å². The van der Waals surface area contributed by atoms with Gasteiger partial charge in [0.1, 0.15) is 0 Å². The molecule has 0 radical (unpaired) electrons. The van der Waals surface area contributed by atoms with Gasteiger partial charge in [0.25, 0.3) is 0 Å². The molecule has 2 N–H and O–H groups in total. The summed E-state index contributed by atoms with van der Waals surface area (Å²) in [5.74, 6) is 0. The molecule has 0 saturated carbocycles. The standard InChI is InChI=1S/C15H26N2/c1-5-14(6-2)17(4)15-8-7-13(9-10-16)11-12(15)3/h7-8,11,14H,5-6,9-10,16H2,1-4H3. The second-order valence-electron chi connectivity index (χ2n) is 4.74. The molecule has 0 amide bonds. The summed E-state index contributed by atoms with van der Waals surface area (Å²) in [4.78, 5) is 2.40. The summed E-state index contributed by atoms with van der Waals surface area (Å²) in [6.45, 7) is 7.42. The van der Waals surface area contributed by atoms with E-state index < -0.39 is 0 Å². The Morgan fingerprint density at radius 2 is 1.88 bits per heavy atom. The molecular formula is C15H26N2. The van der Waals surface area contributed by atoms with Crippen molar-refractivity contribution in [1.82, 2.24) is 0 Å². The first-order valence-corrected chi connectivity index (χ1v) is 6.66. The highest BCUT2D eigenvalue weighted by atomic mass is 15.1. The predicted molar refractivity (Wildman–Crippen MR) is 76.7 cm³/mol. The molecule has 0 aliphatic rings. The highest BCUT2D eigenvalue weighted by Crippen LogP contribution is 2.24. The van der Waals surface area contributed by atoms with Crippen LogP contribution in [0.3, 0.4) is 0 Å². The lowest BCUT2D eigenvalue weighted by Gasteiger charge is -2.30. The van der Waals surface area contributed by atoms with Crippen molar-refractivity contribution >= 4 is 5.69 Å². The van der Waals surface area contributed by atoms with Crippen molar-refractivity contribution < 1.29 is 0 Å². The van der Waals surface area contributed by atoms with Crippen LogP contribution in [-0.4, -0.2) is 19.6 Å². The first-order valence-electron chi connectivity index (χ1n) is 6.66. The fourth-order valence-electron chi connectivity index (χ4n) is 2.47. The van der Waals surface area contributed by atoms with Gasteiger partial charge in [-0.25, -0.2) is 0 Å². The largest absolute Gasteiger partial charge is 0.371 e. The SMILES string of the molecule is CCC(CC)N(C)c1ccc(CCN)cc1C. The molecule has 0 atom stereocenters. The van der Waals surface area contributed by atoms with Crippen LogP contribution in [0.5, 0.6) is 0 Å². The molecule has 0 spiro atoms. The number of rotatable bonds is 6. The van der Waals surface area contributed by atoms with E-state index in [-0.39, 0.29) is 0 Å². The van der Waals surface area contributed by atoms with Crippen LogP contribution in [0.25, 0.3) is 0 Å². The molecule has 0 bridgehead atoms. The van der Waals surface area contributed by atoms with Gasteiger partial charge in [0.15, 0.2) is 0 Å². The van der Waals surface area contributed by atoms with Crippen molar-refractivity contribution in [1.29, 1.82) is 0 Å². The molecule has 1 aromatic carbocycles. The van der Waals surface area contributed by atoms with Gasteiger partial charge in [0.2, 0.25) is 0 Å². The van der Waals surface area contributed by atoms with Crippen molar-refractivity contribution in [3.05, 3.63) is 29.3 Å². The molecule has 17 heavy (non-hydrogen) atoms. The van der Waals surface area contributed by atoms with Crippen molar-refractivity contribution in [2.45, 2.75) is 46.1 Å². The van der Waals surface area contributed by atoms with Gasteiger partial charge in [-0.3, -0.25) is 0 Å². The quantitative estimate of drug-likeness (QED) is 0.819. The fraction of sp³-hybridized carbons (Fsp3) is 0.600. The smallest absolute Gasteiger partial charge is 0.0396 e. The third-order valence-electron chi connectivity index (χ3n) is 3.56. The number of hydrogen-bond acceptors (Lipinski definition) is 2. The maximum atomic E-state index is 5.59. The molecule has 1 aromatic rings. The third-order valence-corrected chi connectivity index (χ3v) is 3.56. The van der Waals surface area contributed by atoms with E-state index in [9.17, 15) is 0 Å². The van der Waals surface area contributed by atoms with Crippen molar-refractivity contribution in [3.63, 3.8) is 0 Å². The molecule has 0 heterocycles. The van der Waals surface area contributed by atoms with Gasteiger partial charge in [-0.2, -0.15) is 0 Å². The summed E-state index contributed by atoms with van der Waals surface area (Å²) in [5.41, 5.74) is 9.63. The van der Waals surface area contributed by atoms with Crippen LogP contribution in [0, 0.1) is 6.92 Å². The van der Waals surface area contributed by atoms with Crippen molar-refractivity contribution in [3.8, 4) is 0 Å². The van der Waals surface area contributed by atoms with Crippen LogP contribution in [0.15, 0.2) is 18.2 Å². The first-order chi connectivity index (χ1) is 8.13. The zero-order chi connectivity index (χ0) is 12.8. The molecular weight excluding hydrogens is 208 g/mol. The summed E-state index contributed by atoms with van der Waals surface area (Å²) in [6.07, 6.45) is 3.35. The van der Waals surface area contributed by atoms with E-state index in [1.54, 1.807) is 0 Å². The third kappa shape index (κ3) is 3.47. The van der Waals surface area contributed by atoms with Gasteiger partial charge in [-0.1, -0.05) is 26.0 Å². The van der Waals surface area contributed by atoms with E-state index in [0.29, 0.717) is 6.04 Å². The van der Waals surface area contributed by atoms with Gasteiger partial charge in [0, 0.05) is 18.8 Å². The maximum Gasteiger partial charge on any atom is 0.0396 e. The average molecular weight is 234 g/mol. The summed E-state index contributed by atoms with van der Waals surface area (Å²) in [6, 6.07) is 7.34. The fourth-order valence-corrected chi connectivity index (χ4v) is 2.47. The van der Waals surface area contributed by atoms with Crippen LogP contribution in [0.2, 0.25) is 0 Å². The first kappa shape index (κ1) is 14.0. The second kappa shape index (κ2) is 6.65. The molecule has 2 nitrogen and oxygen atoms in total. The van der Waals surface area contributed by atoms with Gasteiger partial charge in [0.05, 0.1) is 0 Å². The van der Waals surface area contributed by atoms with E-state index in [1.807, 2.05) is 0 Å². The zero-order valence-electron chi connectivity index (χ0n) is 11.7. The number of nitrogens with two attached hydrogens (primary N) is 1. The molecule has 2 heteroatoms. The lowest BCUT2D eigenvalue weighted by atomic mass is 10.0. The summed E-state index contributed by atoms with van der Waals surface area (Å²) in [7, 11) is 2.20. The molecule has 0 aliphatic carbocycles. The Kier molecular flexibility index (Phi) is 5.49. The van der Waals surface area contributed by atoms with Crippen LogP contribution in [-0.2, 0) is 6.42 Å². The lowest BCUT2D eigenvalue weighted by molar-refractivity contribution is 0.590. The molecule has 0 saturated heterocycles. The molecule has 0 aliphatic heterocycles. The van der Waals surface area contributed by atoms with E-state index in [0.717, 1.165) is 13.0 Å². The minimum atomic E-state index is 0.633. The summed E-state index contributed by atoms with van der Waals surface area (Å²) in [5, 5.41) is 0.